The number of halogens is 2. The summed E-state index contributed by atoms with van der Waals surface area (Å²) in [5.74, 6) is -1.51. The summed E-state index contributed by atoms with van der Waals surface area (Å²) in [5, 5.41) is 0. The van der Waals surface area contributed by atoms with Crippen LogP contribution in [-0.4, -0.2) is 24.7 Å². The minimum Gasteiger partial charge on any atom is -0.303 e. The van der Waals surface area contributed by atoms with Crippen molar-refractivity contribution >= 4 is 13.4 Å². The van der Waals surface area contributed by atoms with E-state index in [9.17, 15) is 18.1 Å². The molecule has 0 saturated carbocycles. The maximum atomic E-state index is 13.2. The van der Waals surface area contributed by atoms with E-state index in [-0.39, 0.29) is 13.2 Å². The summed E-state index contributed by atoms with van der Waals surface area (Å²) >= 11 is 0. The SMILES string of the molecule is CC(=O)C(F)(F)P1(=O)OCC(C)(C)CO1. The second-order valence-corrected chi connectivity index (χ2v) is 6.38. The van der Waals surface area contributed by atoms with Crippen LogP contribution in [0, 0.1) is 5.41 Å². The summed E-state index contributed by atoms with van der Waals surface area (Å²) < 4.78 is 47.1. The lowest BCUT2D eigenvalue weighted by molar-refractivity contribution is -0.134. The van der Waals surface area contributed by atoms with Gasteiger partial charge in [0.15, 0.2) is 0 Å². The van der Waals surface area contributed by atoms with Gasteiger partial charge in [0.05, 0.1) is 13.2 Å². The number of hydrogen-bond acceptors (Lipinski definition) is 4. The summed E-state index contributed by atoms with van der Waals surface area (Å²) in [4.78, 5) is 10.6. The summed E-state index contributed by atoms with van der Waals surface area (Å²) in [6.07, 6.45) is 0. The van der Waals surface area contributed by atoms with Crippen molar-refractivity contribution in [2.24, 2.45) is 5.41 Å². The molecule has 1 fully saturated rings. The highest BCUT2D eigenvalue weighted by Crippen LogP contribution is 2.65. The summed E-state index contributed by atoms with van der Waals surface area (Å²) in [7, 11) is -4.64. The van der Waals surface area contributed by atoms with Crippen molar-refractivity contribution in [2.45, 2.75) is 26.4 Å². The van der Waals surface area contributed by atoms with Crippen molar-refractivity contribution in [3.05, 3.63) is 0 Å². The van der Waals surface area contributed by atoms with Crippen molar-refractivity contribution in [1.82, 2.24) is 0 Å². The molecule has 15 heavy (non-hydrogen) atoms. The van der Waals surface area contributed by atoms with Gasteiger partial charge >= 0.3 is 13.3 Å². The molecule has 0 bridgehead atoms. The molecule has 0 N–H and O–H groups in total. The Bertz CT molecular complexity index is 313. The van der Waals surface area contributed by atoms with Crippen LogP contribution in [0.1, 0.15) is 20.8 Å². The molecule has 0 aromatic carbocycles. The molecule has 0 atom stereocenters. The van der Waals surface area contributed by atoms with Crippen molar-refractivity contribution in [3.63, 3.8) is 0 Å². The third-order valence-electron chi connectivity index (χ3n) is 2.02. The molecule has 1 heterocycles. The van der Waals surface area contributed by atoms with E-state index in [1.165, 1.54) is 0 Å². The molecule has 0 spiro atoms. The highest BCUT2D eigenvalue weighted by atomic mass is 31.2. The highest BCUT2D eigenvalue weighted by Gasteiger charge is 2.60. The zero-order valence-electron chi connectivity index (χ0n) is 8.75. The first-order valence-corrected chi connectivity index (χ1v) is 5.93. The maximum Gasteiger partial charge on any atom is 0.407 e. The van der Waals surface area contributed by atoms with Crippen molar-refractivity contribution in [3.8, 4) is 0 Å². The van der Waals surface area contributed by atoms with Gasteiger partial charge in [0, 0.05) is 12.3 Å². The fourth-order valence-electron chi connectivity index (χ4n) is 0.953. The number of ketones is 1. The molecular formula is C8H13F2O4P. The highest BCUT2D eigenvalue weighted by molar-refractivity contribution is 7.56. The third kappa shape index (κ3) is 2.27. The van der Waals surface area contributed by atoms with Crippen LogP contribution in [0.15, 0.2) is 0 Å². The third-order valence-corrected chi connectivity index (χ3v) is 3.96. The van der Waals surface area contributed by atoms with Gasteiger partial charge < -0.3 is 9.05 Å². The van der Waals surface area contributed by atoms with Crippen molar-refractivity contribution < 1.29 is 27.2 Å². The molecular weight excluding hydrogens is 229 g/mol. The van der Waals surface area contributed by atoms with Crippen LogP contribution in [0.3, 0.4) is 0 Å². The van der Waals surface area contributed by atoms with Crippen LogP contribution < -0.4 is 0 Å². The largest absolute Gasteiger partial charge is 0.407 e. The maximum absolute atomic E-state index is 13.2. The standard InChI is InChI=1S/C8H13F2O4P/c1-6(11)8(9,10)15(12)13-4-7(2,3)5-14-15/h4-5H2,1-3H3. The molecule has 88 valence electrons. The molecule has 0 aromatic heterocycles. The predicted molar refractivity (Wildman–Crippen MR) is 48.9 cm³/mol. The Kier molecular flexibility index (Phi) is 3.07. The van der Waals surface area contributed by atoms with E-state index in [1.807, 2.05) is 0 Å². The number of alkyl halides is 2. The molecule has 0 aromatic rings. The zero-order chi connectivity index (χ0) is 11.9. The first-order chi connectivity index (χ1) is 6.61. The molecule has 1 aliphatic rings. The zero-order valence-corrected chi connectivity index (χ0v) is 9.64. The number of carbonyl (C=O) groups excluding carboxylic acids is 1. The molecule has 1 aliphatic heterocycles. The van der Waals surface area contributed by atoms with Gasteiger partial charge in [-0.25, -0.2) is 0 Å². The van der Waals surface area contributed by atoms with Gasteiger partial charge in [0.2, 0.25) is 5.78 Å². The minimum atomic E-state index is -4.64. The number of carbonyl (C=O) groups is 1. The molecule has 0 radical (unpaired) electrons. The van der Waals surface area contributed by atoms with Crippen LogP contribution in [0.2, 0.25) is 0 Å². The molecule has 4 nitrogen and oxygen atoms in total. The summed E-state index contributed by atoms with van der Waals surface area (Å²) in [6.45, 7) is 3.87. The van der Waals surface area contributed by atoms with Gasteiger partial charge in [0.25, 0.3) is 0 Å². The molecule has 0 unspecified atom stereocenters. The summed E-state index contributed by atoms with van der Waals surface area (Å²) in [6, 6.07) is 0. The number of Topliss-reactive ketones (excluding diaryl/α,β-unsaturated/α-hetero) is 1. The Morgan fingerprint density at radius 3 is 2.07 bits per heavy atom. The first-order valence-electron chi connectivity index (χ1n) is 4.39. The van der Waals surface area contributed by atoms with Crippen LogP contribution in [-0.2, 0) is 18.4 Å². The second kappa shape index (κ2) is 3.61. The van der Waals surface area contributed by atoms with Gasteiger partial charge in [-0.15, -0.1) is 0 Å². The van der Waals surface area contributed by atoms with Gasteiger partial charge in [0.1, 0.15) is 0 Å². The van der Waals surface area contributed by atoms with E-state index in [0.29, 0.717) is 6.92 Å². The molecule has 1 rings (SSSR count). The van der Waals surface area contributed by atoms with Crippen LogP contribution in [0.5, 0.6) is 0 Å². The lowest BCUT2D eigenvalue weighted by atomic mass is 9.97. The molecule has 1 saturated heterocycles. The normalized spacial score (nSPS) is 24.9. The second-order valence-electron chi connectivity index (χ2n) is 4.31. The predicted octanol–water partition coefficient (Wildman–Crippen LogP) is 2.43. The first kappa shape index (κ1) is 12.7. The van der Waals surface area contributed by atoms with Crippen LogP contribution in [0.25, 0.3) is 0 Å². The van der Waals surface area contributed by atoms with E-state index >= 15 is 0 Å². The van der Waals surface area contributed by atoms with E-state index < -0.39 is 24.5 Å². The quantitative estimate of drug-likeness (QED) is 0.698. The lowest BCUT2D eigenvalue weighted by Crippen LogP contribution is -2.37. The number of rotatable bonds is 2. The van der Waals surface area contributed by atoms with Crippen molar-refractivity contribution in [2.75, 3.05) is 13.2 Å². The van der Waals surface area contributed by atoms with Gasteiger partial charge in [-0.05, 0) is 0 Å². The lowest BCUT2D eigenvalue weighted by Gasteiger charge is -2.36. The fraction of sp³-hybridized carbons (Fsp3) is 0.875. The van der Waals surface area contributed by atoms with Crippen molar-refractivity contribution in [1.29, 1.82) is 0 Å². The minimum absolute atomic E-state index is 0.118. The Balaban J connectivity index is 2.88. The summed E-state index contributed by atoms with van der Waals surface area (Å²) in [5.41, 5.74) is -4.52. The Labute approximate surface area is 86.5 Å². The topological polar surface area (TPSA) is 52.6 Å². The van der Waals surface area contributed by atoms with E-state index in [4.69, 9.17) is 0 Å². The van der Waals surface area contributed by atoms with Crippen LogP contribution >= 0.6 is 7.60 Å². The Morgan fingerprint density at radius 2 is 1.73 bits per heavy atom. The average molecular weight is 242 g/mol. The monoisotopic (exact) mass is 242 g/mol. The smallest absolute Gasteiger partial charge is 0.303 e. The van der Waals surface area contributed by atoms with Crippen LogP contribution in [0.4, 0.5) is 8.78 Å². The van der Waals surface area contributed by atoms with Gasteiger partial charge in [-0.2, -0.15) is 8.78 Å². The van der Waals surface area contributed by atoms with E-state index in [0.717, 1.165) is 0 Å². The number of hydrogen-bond donors (Lipinski definition) is 0. The molecule has 0 amide bonds. The molecule has 7 heteroatoms. The average Bonchev–Trinajstić information content (AvgIpc) is 2.10. The Hall–Kier alpha value is -0.320. The van der Waals surface area contributed by atoms with Gasteiger partial charge in [-0.3, -0.25) is 9.36 Å². The fourth-order valence-corrected chi connectivity index (χ4v) is 2.78. The van der Waals surface area contributed by atoms with E-state index in [1.54, 1.807) is 13.8 Å². The molecule has 0 aliphatic carbocycles. The Morgan fingerprint density at radius 1 is 1.33 bits per heavy atom. The van der Waals surface area contributed by atoms with Gasteiger partial charge in [-0.1, -0.05) is 13.8 Å². The van der Waals surface area contributed by atoms with E-state index in [2.05, 4.69) is 9.05 Å².